The van der Waals surface area contributed by atoms with Gasteiger partial charge >= 0.3 is 0 Å². The average Bonchev–Trinajstić information content (AvgIpc) is 3.29. The molecular weight excluding hydrogens is 437 g/mol. The van der Waals surface area contributed by atoms with Crippen molar-refractivity contribution in [3.05, 3.63) is 76.9 Å². The Morgan fingerprint density at radius 1 is 0.968 bits per heavy atom. The zero-order chi connectivity index (χ0) is 22.0. The molecule has 1 saturated heterocycles. The molecule has 158 valence electrons. The highest BCUT2D eigenvalue weighted by Gasteiger charge is 2.32. The third-order valence-corrected chi connectivity index (χ3v) is 8.17. The van der Waals surface area contributed by atoms with Gasteiger partial charge in [-0.1, -0.05) is 30.3 Å². The summed E-state index contributed by atoms with van der Waals surface area (Å²) in [6, 6.07) is 17.8. The summed E-state index contributed by atoms with van der Waals surface area (Å²) >= 11 is 1.21. The largest absolute Gasteiger partial charge is 0.335 e. The Bertz CT molecular complexity index is 1270. The molecule has 9 heteroatoms. The molecule has 1 aliphatic rings. The summed E-state index contributed by atoms with van der Waals surface area (Å²) in [5, 5.41) is 9.21. The number of sulfonamides is 1. The van der Waals surface area contributed by atoms with Gasteiger partial charge in [0.05, 0.1) is 15.3 Å². The van der Waals surface area contributed by atoms with Crippen molar-refractivity contribution in [3.8, 4) is 16.5 Å². The molecule has 0 N–H and O–H groups in total. The minimum Gasteiger partial charge on any atom is -0.335 e. The molecule has 0 atom stereocenters. The van der Waals surface area contributed by atoms with E-state index >= 15 is 0 Å². The van der Waals surface area contributed by atoms with Crippen LogP contribution in [-0.4, -0.2) is 49.7 Å². The van der Waals surface area contributed by atoms with Gasteiger partial charge in [-0.05, 0) is 30.3 Å². The molecule has 0 radical (unpaired) electrons. The lowest BCUT2D eigenvalue weighted by Gasteiger charge is -2.33. The monoisotopic (exact) mass is 455 g/mol. The number of benzene rings is 2. The summed E-state index contributed by atoms with van der Waals surface area (Å²) in [5.41, 5.74) is 0.541. The maximum Gasteiger partial charge on any atom is 0.264 e. The topological polar surface area (TPSA) is 81.5 Å². The van der Waals surface area contributed by atoms with Gasteiger partial charge in [-0.2, -0.15) is 9.57 Å². The smallest absolute Gasteiger partial charge is 0.264 e. The second kappa shape index (κ2) is 8.59. The Hall–Kier alpha value is -3.06. The van der Waals surface area contributed by atoms with E-state index in [1.54, 1.807) is 47.4 Å². The number of thiophene rings is 1. The number of rotatable bonds is 4. The van der Waals surface area contributed by atoms with Crippen LogP contribution in [0.15, 0.2) is 65.6 Å². The SMILES string of the molecule is N#Cc1ccccc1S(=O)(=O)N1CCN(C(=O)c2ccc(-c3ccccc3F)s2)CC1. The molecule has 0 spiro atoms. The van der Waals surface area contributed by atoms with Crippen molar-refractivity contribution in [1.29, 1.82) is 5.26 Å². The molecule has 6 nitrogen and oxygen atoms in total. The summed E-state index contributed by atoms with van der Waals surface area (Å²) in [5.74, 6) is -0.554. The van der Waals surface area contributed by atoms with Gasteiger partial charge < -0.3 is 4.90 Å². The predicted molar refractivity (Wildman–Crippen MR) is 116 cm³/mol. The zero-order valence-electron chi connectivity index (χ0n) is 16.4. The maximum atomic E-state index is 14.0. The summed E-state index contributed by atoms with van der Waals surface area (Å²) in [6.07, 6.45) is 0. The molecule has 4 rings (SSSR count). The van der Waals surface area contributed by atoms with Gasteiger partial charge in [0.2, 0.25) is 10.0 Å². The first-order valence-electron chi connectivity index (χ1n) is 9.55. The Kier molecular flexibility index (Phi) is 5.87. The molecule has 2 aromatic carbocycles. The summed E-state index contributed by atoms with van der Waals surface area (Å²) in [7, 11) is -3.82. The van der Waals surface area contributed by atoms with Crippen molar-refractivity contribution in [3.63, 3.8) is 0 Å². The fourth-order valence-corrected chi connectivity index (χ4v) is 6.03. The van der Waals surface area contributed by atoms with E-state index in [1.807, 2.05) is 6.07 Å². The highest BCUT2D eigenvalue weighted by atomic mass is 32.2. The number of nitrogens with zero attached hydrogens (tertiary/aromatic N) is 3. The third-order valence-electron chi connectivity index (χ3n) is 5.11. The molecule has 3 aromatic rings. The molecule has 0 saturated carbocycles. The molecule has 1 amide bonds. The molecule has 1 aliphatic heterocycles. The van der Waals surface area contributed by atoms with E-state index < -0.39 is 10.0 Å². The fourth-order valence-electron chi connectivity index (χ4n) is 3.47. The lowest BCUT2D eigenvalue weighted by Crippen LogP contribution is -2.50. The fraction of sp³-hybridized carbons (Fsp3) is 0.182. The van der Waals surface area contributed by atoms with Crippen LogP contribution in [0.1, 0.15) is 15.2 Å². The maximum absolute atomic E-state index is 14.0. The van der Waals surface area contributed by atoms with E-state index in [4.69, 9.17) is 0 Å². The van der Waals surface area contributed by atoms with Crippen LogP contribution in [0.5, 0.6) is 0 Å². The van der Waals surface area contributed by atoms with Crippen LogP contribution in [0.2, 0.25) is 0 Å². The van der Waals surface area contributed by atoms with Gasteiger partial charge in [0.25, 0.3) is 5.91 Å². The Morgan fingerprint density at radius 3 is 2.35 bits per heavy atom. The van der Waals surface area contributed by atoms with E-state index in [0.29, 0.717) is 15.3 Å². The van der Waals surface area contributed by atoms with Crippen LogP contribution in [0.25, 0.3) is 10.4 Å². The molecule has 31 heavy (non-hydrogen) atoms. The van der Waals surface area contributed by atoms with Crippen molar-refractivity contribution in [2.75, 3.05) is 26.2 Å². The first-order chi connectivity index (χ1) is 14.9. The van der Waals surface area contributed by atoms with E-state index in [9.17, 15) is 22.9 Å². The van der Waals surface area contributed by atoms with Crippen LogP contribution in [0.3, 0.4) is 0 Å². The second-order valence-corrected chi connectivity index (χ2v) is 9.94. The number of amides is 1. The molecule has 0 unspecified atom stereocenters. The van der Waals surface area contributed by atoms with Gasteiger partial charge in [-0.3, -0.25) is 4.79 Å². The second-order valence-electron chi connectivity index (χ2n) is 6.95. The summed E-state index contributed by atoms with van der Waals surface area (Å²) in [6.45, 7) is 0.748. The van der Waals surface area contributed by atoms with Gasteiger partial charge in [-0.25, -0.2) is 12.8 Å². The number of piperazine rings is 1. The van der Waals surface area contributed by atoms with Gasteiger partial charge in [0.1, 0.15) is 11.9 Å². The van der Waals surface area contributed by atoms with Crippen LogP contribution < -0.4 is 0 Å². The molecular formula is C22H18FN3O3S2. The van der Waals surface area contributed by atoms with E-state index in [2.05, 4.69) is 0 Å². The van der Waals surface area contributed by atoms with Crippen LogP contribution in [-0.2, 0) is 10.0 Å². The minimum absolute atomic E-state index is 0.0231. The number of carbonyl (C=O) groups is 1. The number of hydrogen-bond donors (Lipinski definition) is 0. The predicted octanol–water partition coefficient (Wildman–Crippen LogP) is 3.57. The quantitative estimate of drug-likeness (QED) is 0.602. The highest BCUT2D eigenvalue weighted by molar-refractivity contribution is 7.89. The van der Waals surface area contributed by atoms with Gasteiger partial charge in [0.15, 0.2) is 0 Å². The first-order valence-corrected chi connectivity index (χ1v) is 11.8. The third kappa shape index (κ3) is 4.10. The average molecular weight is 456 g/mol. The lowest BCUT2D eigenvalue weighted by atomic mass is 10.2. The van der Waals surface area contributed by atoms with Crippen molar-refractivity contribution in [2.45, 2.75) is 4.90 Å². The number of hydrogen-bond acceptors (Lipinski definition) is 5. The molecule has 0 bridgehead atoms. The lowest BCUT2D eigenvalue weighted by molar-refractivity contribution is 0.0703. The standard InChI is InChI=1S/C22H18FN3O3S2/c23-18-7-3-2-6-17(18)19-9-10-20(30-19)22(27)25-11-13-26(14-12-25)31(28,29)21-8-4-1-5-16(21)15-24/h1-10H,11-14H2. The van der Waals surface area contributed by atoms with Crippen LogP contribution in [0, 0.1) is 17.1 Å². The zero-order valence-corrected chi connectivity index (χ0v) is 18.0. The number of nitriles is 1. The minimum atomic E-state index is -3.82. The van der Waals surface area contributed by atoms with E-state index in [-0.39, 0.29) is 48.4 Å². The normalized spacial score (nSPS) is 14.9. The van der Waals surface area contributed by atoms with Crippen molar-refractivity contribution in [1.82, 2.24) is 9.21 Å². The van der Waals surface area contributed by atoms with Gasteiger partial charge in [0, 0.05) is 36.6 Å². The molecule has 2 heterocycles. The number of halogens is 1. The Balaban J connectivity index is 1.46. The Labute approximate surface area is 183 Å². The van der Waals surface area contributed by atoms with Crippen LogP contribution in [0.4, 0.5) is 4.39 Å². The molecule has 1 aromatic heterocycles. The van der Waals surface area contributed by atoms with Gasteiger partial charge in [-0.15, -0.1) is 11.3 Å². The van der Waals surface area contributed by atoms with Crippen molar-refractivity contribution in [2.24, 2.45) is 0 Å². The van der Waals surface area contributed by atoms with E-state index in [1.165, 1.54) is 33.8 Å². The Morgan fingerprint density at radius 2 is 1.65 bits per heavy atom. The molecule has 0 aliphatic carbocycles. The first kappa shape index (κ1) is 21.2. The van der Waals surface area contributed by atoms with Crippen LogP contribution >= 0.6 is 11.3 Å². The van der Waals surface area contributed by atoms with Crippen molar-refractivity contribution >= 4 is 27.3 Å². The summed E-state index contributed by atoms with van der Waals surface area (Å²) in [4.78, 5) is 15.6. The summed E-state index contributed by atoms with van der Waals surface area (Å²) < 4.78 is 41.2. The number of carbonyl (C=O) groups excluding carboxylic acids is 1. The van der Waals surface area contributed by atoms with Crippen molar-refractivity contribution < 1.29 is 17.6 Å². The van der Waals surface area contributed by atoms with E-state index in [0.717, 1.165) is 0 Å². The highest BCUT2D eigenvalue weighted by Crippen LogP contribution is 2.31. The molecule has 1 fully saturated rings.